The molecule has 2 unspecified atom stereocenters. The molecule has 0 aromatic carbocycles. The number of aryl methyl sites for hydroxylation is 1. The molecule has 2 heterocycles. The average molecular weight is 281 g/mol. The van der Waals surface area contributed by atoms with Crippen LogP contribution in [-0.4, -0.2) is 59.1 Å². The molecule has 0 bridgehead atoms. The number of nitrogens with zero attached hydrogens (tertiary/aromatic N) is 4. The molecular weight excluding hydrogens is 254 g/mol. The molecular formula is C14H27N5O. The molecule has 0 saturated carbocycles. The maximum absolute atomic E-state index is 10.0. The Balaban J connectivity index is 2.38. The lowest BCUT2D eigenvalue weighted by Gasteiger charge is -2.30. The minimum absolute atomic E-state index is 0.249. The van der Waals surface area contributed by atoms with Crippen molar-refractivity contribution in [2.45, 2.75) is 45.4 Å². The molecule has 1 aliphatic rings. The van der Waals surface area contributed by atoms with E-state index in [4.69, 9.17) is 5.73 Å². The van der Waals surface area contributed by atoms with Crippen molar-refractivity contribution in [1.29, 1.82) is 0 Å². The highest BCUT2D eigenvalue weighted by Crippen LogP contribution is 2.34. The number of aromatic nitrogens is 2. The lowest BCUT2D eigenvalue weighted by molar-refractivity contribution is 0.191. The fourth-order valence-corrected chi connectivity index (χ4v) is 2.94. The molecule has 1 fully saturated rings. The van der Waals surface area contributed by atoms with Crippen LogP contribution in [0.4, 0.5) is 11.5 Å². The van der Waals surface area contributed by atoms with Crippen LogP contribution in [0, 0.1) is 6.92 Å². The van der Waals surface area contributed by atoms with Crippen LogP contribution in [0.15, 0.2) is 0 Å². The first kappa shape index (κ1) is 15.1. The van der Waals surface area contributed by atoms with Crippen LogP contribution in [0.2, 0.25) is 0 Å². The fraction of sp³-hybridized carbons (Fsp3) is 0.786. The van der Waals surface area contributed by atoms with Gasteiger partial charge in [0.15, 0.2) is 5.82 Å². The van der Waals surface area contributed by atoms with Crippen molar-refractivity contribution in [3.05, 3.63) is 5.69 Å². The Kier molecular flexibility index (Phi) is 4.25. The molecule has 0 radical (unpaired) electrons. The Morgan fingerprint density at radius 1 is 1.45 bits per heavy atom. The zero-order valence-electron chi connectivity index (χ0n) is 13.2. The van der Waals surface area contributed by atoms with Crippen LogP contribution in [0.25, 0.3) is 0 Å². The van der Waals surface area contributed by atoms with Crippen LogP contribution in [0.3, 0.4) is 0 Å². The van der Waals surface area contributed by atoms with Crippen LogP contribution in [-0.2, 0) is 0 Å². The van der Waals surface area contributed by atoms with Crippen molar-refractivity contribution in [3.63, 3.8) is 0 Å². The fourth-order valence-electron chi connectivity index (χ4n) is 2.94. The predicted octanol–water partition coefficient (Wildman–Crippen LogP) is 0.856. The maximum atomic E-state index is 10.0. The van der Waals surface area contributed by atoms with E-state index in [-0.39, 0.29) is 18.2 Å². The highest BCUT2D eigenvalue weighted by Gasteiger charge is 2.35. The van der Waals surface area contributed by atoms with Crippen molar-refractivity contribution in [3.8, 4) is 0 Å². The van der Waals surface area contributed by atoms with Crippen molar-refractivity contribution in [2.75, 3.05) is 37.8 Å². The minimum atomic E-state index is -0.296. The number of aliphatic hydroxyl groups excluding tert-OH is 1. The second-order valence-electron chi connectivity index (χ2n) is 6.32. The second-order valence-corrected chi connectivity index (χ2v) is 6.32. The third kappa shape index (κ3) is 2.76. The number of rotatable bonds is 4. The Morgan fingerprint density at radius 2 is 2.10 bits per heavy atom. The van der Waals surface area contributed by atoms with Crippen molar-refractivity contribution in [1.82, 2.24) is 14.7 Å². The summed E-state index contributed by atoms with van der Waals surface area (Å²) in [6.07, 6.45) is 0.482. The molecule has 1 saturated heterocycles. The van der Waals surface area contributed by atoms with Gasteiger partial charge >= 0.3 is 0 Å². The van der Waals surface area contributed by atoms with Gasteiger partial charge in [0.25, 0.3) is 0 Å². The third-order valence-corrected chi connectivity index (χ3v) is 3.83. The highest BCUT2D eigenvalue weighted by atomic mass is 16.3. The number of β-amino-alcohol motifs (C(OH)–C–C–N with tert-alkyl or cyclic N) is 1. The summed E-state index contributed by atoms with van der Waals surface area (Å²) in [6, 6.07) is 0.523. The molecule has 0 spiro atoms. The average Bonchev–Trinajstić information content (AvgIpc) is 2.80. The van der Waals surface area contributed by atoms with Gasteiger partial charge < -0.3 is 20.6 Å². The van der Waals surface area contributed by atoms with Crippen molar-refractivity contribution in [2.24, 2.45) is 0 Å². The Morgan fingerprint density at radius 3 is 2.65 bits per heavy atom. The SMILES string of the molecule is Cc1nn(C(C)C)c(N2CC(O)CC2CN(C)C)c1N. The zero-order valence-corrected chi connectivity index (χ0v) is 13.2. The standard InChI is InChI=1S/C14H27N5O/c1-9(2)19-14(13(15)10(3)16-19)18-8-12(20)6-11(18)7-17(4)5/h9,11-12,20H,6-8,15H2,1-5H3. The van der Waals surface area contributed by atoms with Gasteiger partial charge in [0.05, 0.1) is 17.5 Å². The number of hydrogen-bond acceptors (Lipinski definition) is 5. The zero-order chi connectivity index (χ0) is 15.0. The first-order valence-corrected chi connectivity index (χ1v) is 7.25. The molecule has 0 amide bonds. The van der Waals surface area contributed by atoms with E-state index < -0.39 is 0 Å². The van der Waals surface area contributed by atoms with E-state index in [2.05, 4.69) is 42.8 Å². The van der Waals surface area contributed by atoms with Crippen LogP contribution >= 0.6 is 0 Å². The van der Waals surface area contributed by atoms with Crippen LogP contribution < -0.4 is 10.6 Å². The molecule has 2 atom stereocenters. The van der Waals surface area contributed by atoms with Crippen LogP contribution in [0.5, 0.6) is 0 Å². The smallest absolute Gasteiger partial charge is 0.151 e. The molecule has 1 aromatic rings. The summed E-state index contributed by atoms with van der Waals surface area (Å²) in [7, 11) is 4.11. The molecule has 1 aromatic heterocycles. The summed E-state index contributed by atoms with van der Waals surface area (Å²) in [5, 5.41) is 14.6. The topological polar surface area (TPSA) is 70.6 Å². The molecule has 114 valence electrons. The van der Waals surface area contributed by atoms with Crippen LogP contribution in [0.1, 0.15) is 32.0 Å². The highest BCUT2D eigenvalue weighted by molar-refractivity contribution is 5.67. The lowest BCUT2D eigenvalue weighted by atomic mass is 10.2. The summed E-state index contributed by atoms with van der Waals surface area (Å²) in [4.78, 5) is 4.37. The van der Waals surface area contributed by atoms with Gasteiger partial charge in [-0.05, 0) is 41.3 Å². The van der Waals surface area contributed by atoms with E-state index in [9.17, 15) is 5.11 Å². The summed E-state index contributed by atoms with van der Waals surface area (Å²) in [5.41, 5.74) is 7.83. The van der Waals surface area contributed by atoms with E-state index in [0.717, 1.165) is 30.2 Å². The summed E-state index contributed by atoms with van der Waals surface area (Å²) in [6.45, 7) is 7.66. The second kappa shape index (κ2) is 5.61. The summed E-state index contributed by atoms with van der Waals surface area (Å²) in [5.74, 6) is 0.959. The normalized spacial score (nSPS) is 23.3. The Labute approximate surface area is 121 Å². The molecule has 0 aliphatic carbocycles. The minimum Gasteiger partial charge on any atom is -0.394 e. The third-order valence-electron chi connectivity index (χ3n) is 3.83. The molecule has 1 aliphatic heterocycles. The monoisotopic (exact) mass is 281 g/mol. The Hall–Kier alpha value is -1.27. The molecule has 2 rings (SSSR count). The number of hydrogen-bond donors (Lipinski definition) is 2. The number of nitrogen functional groups attached to an aromatic ring is 1. The maximum Gasteiger partial charge on any atom is 0.151 e. The molecule has 6 nitrogen and oxygen atoms in total. The number of likely N-dealkylation sites (N-methyl/N-ethyl adjacent to an activating group) is 1. The van der Waals surface area contributed by atoms with Gasteiger partial charge in [-0.25, -0.2) is 4.68 Å². The van der Waals surface area contributed by atoms with E-state index in [1.54, 1.807) is 0 Å². The number of nitrogens with two attached hydrogens (primary N) is 1. The quantitative estimate of drug-likeness (QED) is 0.856. The van der Waals surface area contributed by atoms with Gasteiger partial charge in [-0.3, -0.25) is 0 Å². The first-order valence-electron chi connectivity index (χ1n) is 7.25. The Bertz CT molecular complexity index is 468. The van der Waals surface area contributed by atoms with Gasteiger partial charge in [0.1, 0.15) is 0 Å². The van der Waals surface area contributed by atoms with E-state index in [1.165, 1.54) is 0 Å². The van der Waals surface area contributed by atoms with E-state index >= 15 is 0 Å². The first-order chi connectivity index (χ1) is 9.31. The van der Waals surface area contributed by atoms with Gasteiger partial charge in [-0.1, -0.05) is 0 Å². The predicted molar refractivity (Wildman–Crippen MR) is 82.1 cm³/mol. The van der Waals surface area contributed by atoms with Gasteiger partial charge in [0, 0.05) is 25.2 Å². The van der Waals surface area contributed by atoms with E-state index in [1.807, 2.05) is 11.6 Å². The van der Waals surface area contributed by atoms with E-state index in [0.29, 0.717) is 6.54 Å². The largest absolute Gasteiger partial charge is 0.394 e. The summed E-state index contributed by atoms with van der Waals surface area (Å²) >= 11 is 0. The van der Waals surface area contributed by atoms with Gasteiger partial charge in [-0.2, -0.15) is 5.10 Å². The van der Waals surface area contributed by atoms with Gasteiger partial charge in [0.2, 0.25) is 0 Å². The van der Waals surface area contributed by atoms with Crippen molar-refractivity contribution >= 4 is 11.5 Å². The van der Waals surface area contributed by atoms with Gasteiger partial charge in [-0.15, -0.1) is 0 Å². The van der Waals surface area contributed by atoms with Crippen molar-refractivity contribution < 1.29 is 5.11 Å². The number of aliphatic hydroxyl groups is 1. The number of anilines is 2. The molecule has 6 heteroatoms. The lowest BCUT2D eigenvalue weighted by Crippen LogP contribution is -2.39. The summed E-state index contributed by atoms with van der Waals surface area (Å²) < 4.78 is 1.98. The molecule has 3 N–H and O–H groups in total. The molecule has 20 heavy (non-hydrogen) atoms.